The van der Waals surface area contributed by atoms with E-state index >= 15 is 0 Å². The summed E-state index contributed by atoms with van der Waals surface area (Å²) in [4.78, 5) is 12.4. The van der Waals surface area contributed by atoms with Gasteiger partial charge in [0.15, 0.2) is 5.79 Å². The summed E-state index contributed by atoms with van der Waals surface area (Å²) in [5, 5.41) is 3.28. The van der Waals surface area contributed by atoms with Crippen LogP contribution in [0.1, 0.15) is 28.8 Å². The largest absolute Gasteiger partial charge is 0.348 e. The minimum Gasteiger partial charge on any atom is -0.348 e. The summed E-state index contributed by atoms with van der Waals surface area (Å²) in [6, 6.07) is 8.04. The Morgan fingerprint density at radius 3 is 2.41 bits per heavy atom. The zero-order valence-electron chi connectivity index (χ0n) is 16.9. The van der Waals surface area contributed by atoms with Gasteiger partial charge in [-0.15, -0.1) is 0 Å². The lowest BCUT2D eigenvalue weighted by Crippen LogP contribution is -2.47. The topological polar surface area (TPSA) is 84.9 Å². The molecule has 2 fully saturated rings. The molecule has 2 saturated heterocycles. The summed E-state index contributed by atoms with van der Waals surface area (Å²) in [6.45, 7) is 1.47. The van der Waals surface area contributed by atoms with E-state index in [9.17, 15) is 17.6 Å². The lowest BCUT2D eigenvalue weighted by atomic mass is 10.1. The molecule has 0 unspecified atom stereocenters. The van der Waals surface area contributed by atoms with Crippen molar-refractivity contribution < 1.29 is 27.1 Å². The van der Waals surface area contributed by atoms with Crippen LogP contribution in [0.15, 0.2) is 41.3 Å². The van der Waals surface area contributed by atoms with E-state index in [-0.39, 0.29) is 30.1 Å². The fraction of sp³-hybridized carbons (Fsp3) is 0.381. The minimum atomic E-state index is -3.92. The van der Waals surface area contributed by atoms with Crippen LogP contribution in [0.25, 0.3) is 0 Å². The average molecular weight is 503 g/mol. The number of nitrogens with zero attached hydrogens (tertiary/aromatic N) is 1. The van der Waals surface area contributed by atoms with Gasteiger partial charge < -0.3 is 14.8 Å². The van der Waals surface area contributed by atoms with Gasteiger partial charge in [0.05, 0.1) is 33.7 Å². The maximum atomic E-state index is 14.4. The molecule has 1 N–H and O–H groups in total. The number of carbonyl (C=O) groups excluding carboxylic acids is 1. The van der Waals surface area contributed by atoms with Gasteiger partial charge in [-0.2, -0.15) is 4.31 Å². The van der Waals surface area contributed by atoms with E-state index in [0.29, 0.717) is 41.7 Å². The Morgan fingerprint density at radius 1 is 1.06 bits per heavy atom. The number of sulfonamides is 1. The zero-order chi connectivity index (χ0) is 22.9. The second-order valence-electron chi connectivity index (χ2n) is 7.58. The van der Waals surface area contributed by atoms with Crippen molar-refractivity contribution in [2.45, 2.75) is 30.1 Å². The first-order valence-corrected chi connectivity index (χ1v) is 12.2. The second-order valence-corrected chi connectivity index (χ2v) is 10.3. The molecular weight excluding hydrogens is 482 g/mol. The molecule has 0 bridgehead atoms. The molecule has 2 heterocycles. The summed E-state index contributed by atoms with van der Waals surface area (Å²) >= 11 is 11.8. The van der Waals surface area contributed by atoms with E-state index in [0.717, 1.165) is 18.2 Å². The smallest absolute Gasteiger partial charge is 0.254 e. The van der Waals surface area contributed by atoms with Crippen LogP contribution in [0, 0.1) is 5.82 Å². The van der Waals surface area contributed by atoms with Crippen LogP contribution >= 0.6 is 23.2 Å². The third-order valence-corrected chi connectivity index (χ3v) is 8.19. The van der Waals surface area contributed by atoms with Crippen molar-refractivity contribution in [1.29, 1.82) is 0 Å². The van der Waals surface area contributed by atoms with E-state index < -0.39 is 27.5 Å². The molecular formula is C21H21Cl2FN2O5S. The molecule has 1 spiro atoms. The molecule has 7 nitrogen and oxygen atoms in total. The van der Waals surface area contributed by atoms with E-state index in [1.54, 1.807) is 18.2 Å². The lowest BCUT2D eigenvalue weighted by Gasteiger charge is -2.36. The van der Waals surface area contributed by atoms with Gasteiger partial charge >= 0.3 is 0 Å². The van der Waals surface area contributed by atoms with Crippen molar-refractivity contribution >= 4 is 39.1 Å². The van der Waals surface area contributed by atoms with Crippen LogP contribution in [0.5, 0.6) is 0 Å². The quantitative estimate of drug-likeness (QED) is 0.675. The molecule has 0 aromatic heterocycles. The number of rotatable bonds is 5. The molecule has 0 saturated carbocycles. The van der Waals surface area contributed by atoms with Crippen LogP contribution in [-0.2, 0) is 26.0 Å². The van der Waals surface area contributed by atoms with E-state index in [1.165, 1.54) is 4.31 Å². The predicted octanol–water partition coefficient (Wildman–Crippen LogP) is 3.59. The van der Waals surface area contributed by atoms with Crippen molar-refractivity contribution in [1.82, 2.24) is 9.62 Å². The summed E-state index contributed by atoms with van der Waals surface area (Å²) in [5.74, 6) is -2.28. The lowest BCUT2D eigenvalue weighted by molar-refractivity contribution is -0.179. The molecule has 0 atom stereocenters. The van der Waals surface area contributed by atoms with Gasteiger partial charge in [0.2, 0.25) is 10.0 Å². The van der Waals surface area contributed by atoms with Gasteiger partial charge in [-0.05, 0) is 35.9 Å². The number of piperidine rings is 1. The van der Waals surface area contributed by atoms with Gasteiger partial charge in [-0.3, -0.25) is 4.79 Å². The van der Waals surface area contributed by atoms with Crippen molar-refractivity contribution in [3.8, 4) is 0 Å². The molecule has 32 heavy (non-hydrogen) atoms. The van der Waals surface area contributed by atoms with Crippen molar-refractivity contribution in [3.05, 3.63) is 63.4 Å². The highest BCUT2D eigenvalue weighted by molar-refractivity contribution is 7.89. The highest BCUT2D eigenvalue weighted by atomic mass is 35.5. The number of hydrogen-bond acceptors (Lipinski definition) is 5. The number of carbonyl (C=O) groups is 1. The van der Waals surface area contributed by atoms with Gasteiger partial charge in [-0.1, -0.05) is 29.3 Å². The SMILES string of the molecule is O=C(NCc1ccc(Cl)c(Cl)c1)c1cc(S(=O)(=O)N2CCC3(CC2)OCCO3)ccc1F. The first-order chi connectivity index (χ1) is 15.2. The normalized spacial score (nSPS) is 18.7. The summed E-state index contributed by atoms with van der Waals surface area (Å²) in [6.07, 6.45) is 0.814. The summed E-state index contributed by atoms with van der Waals surface area (Å²) < 4.78 is 53.1. The Bertz CT molecular complexity index is 1130. The third kappa shape index (κ3) is 4.78. The monoisotopic (exact) mass is 502 g/mol. The maximum absolute atomic E-state index is 14.4. The molecule has 4 rings (SSSR count). The van der Waals surface area contributed by atoms with Crippen molar-refractivity contribution in [2.75, 3.05) is 26.3 Å². The second kappa shape index (κ2) is 9.24. The van der Waals surface area contributed by atoms with Crippen molar-refractivity contribution in [2.24, 2.45) is 0 Å². The Kier molecular flexibility index (Phi) is 6.76. The number of benzene rings is 2. The number of ether oxygens (including phenoxy) is 2. The van der Waals surface area contributed by atoms with E-state index in [2.05, 4.69) is 5.32 Å². The first-order valence-electron chi connectivity index (χ1n) is 10.00. The van der Waals surface area contributed by atoms with Gasteiger partial charge in [-0.25, -0.2) is 12.8 Å². The Hall–Kier alpha value is -1.75. The van der Waals surface area contributed by atoms with Crippen LogP contribution < -0.4 is 5.32 Å². The third-order valence-electron chi connectivity index (χ3n) is 5.56. The number of amides is 1. The van der Waals surface area contributed by atoms with Crippen LogP contribution in [0.3, 0.4) is 0 Å². The number of nitrogens with one attached hydrogen (secondary N) is 1. The van der Waals surface area contributed by atoms with Crippen LogP contribution in [0.2, 0.25) is 10.0 Å². The Morgan fingerprint density at radius 2 is 1.75 bits per heavy atom. The summed E-state index contributed by atoms with van der Waals surface area (Å²) in [7, 11) is -3.92. The minimum absolute atomic E-state index is 0.0698. The number of hydrogen-bond donors (Lipinski definition) is 1. The zero-order valence-corrected chi connectivity index (χ0v) is 19.3. The fourth-order valence-corrected chi connectivity index (χ4v) is 5.56. The highest BCUT2D eigenvalue weighted by Crippen LogP contribution is 2.33. The molecule has 1 amide bonds. The molecule has 2 aliphatic rings. The highest BCUT2D eigenvalue weighted by Gasteiger charge is 2.42. The number of halogens is 3. The molecule has 0 aliphatic carbocycles. The van der Waals surface area contributed by atoms with Crippen molar-refractivity contribution in [3.63, 3.8) is 0 Å². The summed E-state index contributed by atoms with van der Waals surface area (Å²) in [5.41, 5.74) is 0.303. The molecule has 2 aliphatic heterocycles. The molecule has 172 valence electrons. The fourth-order valence-electron chi connectivity index (χ4n) is 3.77. The van der Waals surface area contributed by atoms with Gasteiger partial charge in [0, 0.05) is 32.5 Å². The predicted molar refractivity (Wildman–Crippen MR) is 117 cm³/mol. The van der Waals surface area contributed by atoms with Crippen LogP contribution in [-0.4, -0.2) is 50.7 Å². The van der Waals surface area contributed by atoms with E-state index in [4.69, 9.17) is 32.7 Å². The van der Waals surface area contributed by atoms with Gasteiger partial charge in [0.25, 0.3) is 5.91 Å². The standard InChI is InChI=1S/C21H21Cl2FN2O5S/c22-17-3-1-14(11-18(17)23)13-25-20(27)16-12-15(2-4-19(16)24)32(28,29)26-7-5-21(6-8-26)30-9-10-31-21/h1-4,11-12H,5-10,13H2,(H,25,27). The molecule has 0 radical (unpaired) electrons. The molecule has 2 aromatic carbocycles. The van der Waals surface area contributed by atoms with Gasteiger partial charge in [0.1, 0.15) is 5.82 Å². The molecule has 11 heteroatoms. The Balaban J connectivity index is 1.47. The van der Waals surface area contributed by atoms with Crippen LogP contribution in [0.4, 0.5) is 4.39 Å². The molecule has 2 aromatic rings. The Labute approximate surface area is 195 Å². The first kappa shape index (κ1) is 23.4. The average Bonchev–Trinajstić information content (AvgIpc) is 3.22. The maximum Gasteiger partial charge on any atom is 0.254 e. The van der Waals surface area contributed by atoms with E-state index in [1.807, 2.05) is 0 Å².